The van der Waals surface area contributed by atoms with Gasteiger partial charge in [-0.1, -0.05) is 13.8 Å². The molecular formula is C13H25N5. The smallest absolute Gasteiger partial charge is 0.134 e. The van der Waals surface area contributed by atoms with Gasteiger partial charge >= 0.3 is 0 Å². The van der Waals surface area contributed by atoms with Crippen LogP contribution < -0.4 is 16.0 Å². The van der Waals surface area contributed by atoms with E-state index in [9.17, 15) is 0 Å². The number of nitrogens with two attached hydrogens (primary N) is 1. The number of anilines is 2. The molecule has 5 nitrogen and oxygen atoms in total. The van der Waals surface area contributed by atoms with Crippen LogP contribution in [0, 0.1) is 12.8 Å². The van der Waals surface area contributed by atoms with Gasteiger partial charge < -0.3 is 16.0 Å². The van der Waals surface area contributed by atoms with Crippen LogP contribution in [0.15, 0.2) is 6.07 Å². The van der Waals surface area contributed by atoms with Crippen molar-refractivity contribution in [2.75, 3.05) is 36.9 Å². The third kappa shape index (κ3) is 4.87. The Kier molecular flexibility index (Phi) is 5.85. The second kappa shape index (κ2) is 7.16. The molecule has 0 aromatic carbocycles. The van der Waals surface area contributed by atoms with Crippen LogP contribution >= 0.6 is 0 Å². The van der Waals surface area contributed by atoms with Crippen LogP contribution in [0.4, 0.5) is 11.6 Å². The van der Waals surface area contributed by atoms with Gasteiger partial charge in [0.1, 0.15) is 17.5 Å². The lowest BCUT2D eigenvalue weighted by Crippen LogP contribution is -2.24. The van der Waals surface area contributed by atoms with Crippen LogP contribution in [0.25, 0.3) is 0 Å². The number of nitrogens with one attached hydrogen (secondary N) is 1. The SMILES string of the molecule is Cc1nc(NCCCN)cc(N(C)CC(C)C)n1. The monoisotopic (exact) mass is 251 g/mol. The molecule has 0 unspecified atom stereocenters. The fourth-order valence-electron chi connectivity index (χ4n) is 1.80. The molecule has 0 aliphatic rings. The molecule has 0 radical (unpaired) electrons. The first-order chi connectivity index (χ1) is 8.52. The van der Waals surface area contributed by atoms with Crippen molar-refractivity contribution in [3.05, 3.63) is 11.9 Å². The average molecular weight is 251 g/mol. The summed E-state index contributed by atoms with van der Waals surface area (Å²) in [7, 11) is 2.06. The highest BCUT2D eigenvalue weighted by Crippen LogP contribution is 2.15. The lowest BCUT2D eigenvalue weighted by Gasteiger charge is -2.21. The van der Waals surface area contributed by atoms with Crippen molar-refractivity contribution in [3.63, 3.8) is 0 Å². The van der Waals surface area contributed by atoms with Crippen LogP contribution in [-0.2, 0) is 0 Å². The highest BCUT2D eigenvalue weighted by molar-refractivity contribution is 5.48. The predicted molar refractivity (Wildman–Crippen MR) is 77.0 cm³/mol. The summed E-state index contributed by atoms with van der Waals surface area (Å²) in [5.41, 5.74) is 5.47. The Morgan fingerprint density at radius 3 is 2.72 bits per heavy atom. The van der Waals surface area contributed by atoms with Gasteiger partial charge in [0, 0.05) is 26.2 Å². The molecule has 0 saturated carbocycles. The van der Waals surface area contributed by atoms with Crippen molar-refractivity contribution in [1.82, 2.24) is 9.97 Å². The van der Waals surface area contributed by atoms with Crippen molar-refractivity contribution >= 4 is 11.6 Å². The largest absolute Gasteiger partial charge is 0.370 e. The number of hydrogen-bond donors (Lipinski definition) is 2. The van der Waals surface area contributed by atoms with Crippen molar-refractivity contribution in [2.24, 2.45) is 11.7 Å². The third-order valence-electron chi connectivity index (χ3n) is 2.54. The zero-order valence-corrected chi connectivity index (χ0v) is 11.9. The molecule has 0 atom stereocenters. The average Bonchev–Trinajstić information content (AvgIpc) is 2.27. The van der Waals surface area contributed by atoms with Gasteiger partial charge in [-0.05, 0) is 25.8 Å². The highest BCUT2D eigenvalue weighted by atomic mass is 15.2. The number of aryl methyl sites for hydroxylation is 1. The molecule has 0 bridgehead atoms. The van der Waals surface area contributed by atoms with Crippen LogP contribution in [-0.4, -0.2) is 36.6 Å². The summed E-state index contributed by atoms with van der Waals surface area (Å²) in [5.74, 6) is 3.24. The molecule has 0 amide bonds. The molecule has 0 aliphatic heterocycles. The molecule has 0 aliphatic carbocycles. The van der Waals surface area contributed by atoms with Crippen molar-refractivity contribution in [2.45, 2.75) is 27.2 Å². The van der Waals surface area contributed by atoms with Crippen molar-refractivity contribution < 1.29 is 0 Å². The Morgan fingerprint density at radius 2 is 2.11 bits per heavy atom. The summed E-state index contributed by atoms with van der Waals surface area (Å²) in [6.45, 7) is 8.84. The quantitative estimate of drug-likeness (QED) is 0.721. The minimum absolute atomic E-state index is 0.610. The summed E-state index contributed by atoms with van der Waals surface area (Å²) >= 11 is 0. The fourth-order valence-corrected chi connectivity index (χ4v) is 1.80. The van der Waals surface area contributed by atoms with E-state index in [1.807, 2.05) is 13.0 Å². The summed E-state index contributed by atoms with van der Waals surface area (Å²) in [6.07, 6.45) is 0.945. The maximum absolute atomic E-state index is 5.47. The molecule has 0 saturated heterocycles. The Balaban J connectivity index is 2.73. The Labute approximate surface area is 110 Å². The molecule has 1 aromatic heterocycles. The van der Waals surface area contributed by atoms with Crippen molar-refractivity contribution in [3.8, 4) is 0 Å². The van der Waals surface area contributed by atoms with Gasteiger partial charge in [0.05, 0.1) is 0 Å². The van der Waals surface area contributed by atoms with E-state index in [1.165, 1.54) is 0 Å². The second-order valence-electron chi connectivity index (χ2n) is 5.00. The van der Waals surface area contributed by atoms with Crippen LogP contribution in [0.3, 0.4) is 0 Å². The zero-order valence-electron chi connectivity index (χ0n) is 11.9. The topological polar surface area (TPSA) is 67.1 Å². The number of rotatable bonds is 7. The summed E-state index contributed by atoms with van der Waals surface area (Å²) < 4.78 is 0. The minimum atomic E-state index is 0.610. The van der Waals surface area contributed by atoms with E-state index in [-0.39, 0.29) is 0 Å². The van der Waals surface area contributed by atoms with E-state index in [0.717, 1.165) is 37.0 Å². The lowest BCUT2D eigenvalue weighted by molar-refractivity contribution is 0.633. The first kappa shape index (κ1) is 14.7. The summed E-state index contributed by atoms with van der Waals surface area (Å²) in [4.78, 5) is 11.0. The lowest BCUT2D eigenvalue weighted by atomic mass is 10.2. The number of aromatic nitrogens is 2. The first-order valence-electron chi connectivity index (χ1n) is 6.53. The van der Waals surface area contributed by atoms with E-state index in [0.29, 0.717) is 12.5 Å². The number of hydrogen-bond acceptors (Lipinski definition) is 5. The summed E-state index contributed by atoms with van der Waals surface area (Å²) in [6, 6.07) is 1.99. The Morgan fingerprint density at radius 1 is 1.39 bits per heavy atom. The maximum atomic E-state index is 5.47. The standard InChI is InChI=1S/C13H25N5/c1-10(2)9-18(4)13-8-12(15-7-5-6-14)16-11(3)17-13/h8,10H,5-7,9,14H2,1-4H3,(H,15,16,17). The Hall–Kier alpha value is -1.36. The van der Waals surface area contributed by atoms with Gasteiger partial charge in [0.25, 0.3) is 0 Å². The van der Waals surface area contributed by atoms with Crippen LogP contribution in [0.1, 0.15) is 26.1 Å². The van der Waals surface area contributed by atoms with E-state index in [4.69, 9.17) is 5.73 Å². The van der Waals surface area contributed by atoms with Gasteiger partial charge in [0.2, 0.25) is 0 Å². The zero-order chi connectivity index (χ0) is 13.5. The molecule has 0 fully saturated rings. The fraction of sp³-hybridized carbons (Fsp3) is 0.692. The molecule has 18 heavy (non-hydrogen) atoms. The van der Waals surface area contributed by atoms with E-state index in [1.54, 1.807) is 0 Å². The second-order valence-corrected chi connectivity index (χ2v) is 5.00. The highest BCUT2D eigenvalue weighted by Gasteiger charge is 2.07. The van der Waals surface area contributed by atoms with Crippen LogP contribution in [0.2, 0.25) is 0 Å². The summed E-state index contributed by atoms with van der Waals surface area (Å²) in [5, 5.41) is 3.28. The van der Waals surface area contributed by atoms with Gasteiger partial charge in [-0.15, -0.1) is 0 Å². The minimum Gasteiger partial charge on any atom is -0.370 e. The van der Waals surface area contributed by atoms with Gasteiger partial charge in [0.15, 0.2) is 0 Å². The Bertz CT molecular complexity index is 364. The first-order valence-corrected chi connectivity index (χ1v) is 6.53. The molecule has 102 valence electrons. The predicted octanol–water partition coefficient (Wildman–Crippen LogP) is 1.64. The van der Waals surface area contributed by atoms with Crippen molar-refractivity contribution in [1.29, 1.82) is 0 Å². The van der Waals surface area contributed by atoms with Crippen LogP contribution in [0.5, 0.6) is 0 Å². The van der Waals surface area contributed by atoms with E-state index < -0.39 is 0 Å². The van der Waals surface area contributed by atoms with E-state index >= 15 is 0 Å². The third-order valence-corrected chi connectivity index (χ3v) is 2.54. The normalized spacial score (nSPS) is 10.8. The van der Waals surface area contributed by atoms with Gasteiger partial charge in [-0.25, -0.2) is 9.97 Å². The number of nitrogens with zero attached hydrogens (tertiary/aromatic N) is 3. The molecule has 5 heteroatoms. The molecule has 3 N–H and O–H groups in total. The molecular weight excluding hydrogens is 226 g/mol. The molecule has 1 aromatic rings. The maximum Gasteiger partial charge on any atom is 0.134 e. The molecule has 0 spiro atoms. The molecule has 1 heterocycles. The molecule has 1 rings (SSSR count). The van der Waals surface area contributed by atoms with Gasteiger partial charge in [-0.3, -0.25) is 0 Å². The van der Waals surface area contributed by atoms with E-state index in [2.05, 4.69) is 41.1 Å². The van der Waals surface area contributed by atoms with Gasteiger partial charge in [-0.2, -0.15) is 0 Å².